The van der Waals surface area contributed by atoms with Gasteiger partial charge in [-0.25, -0.2) is 0 Å². The topological polar surface area (TPSA) is 17.1 Å². The van der Waals surface area contributed by atoms with Crippen LogP contribution in [0.1, 0.15) is 35.2 Å². The summed E-state index contributed by atoms with van der Waals surface area (Å²) in [4.78, 5) is 11.5. The second-order valence-electron chi connectivity index (χ2n) is 3.11. The first-order valence-corrected chi connectivity index (χ1v) is 4.33. The predicted octanol–water partition coefficient (Wildman–Crippen LogP) is 2.61. The maximum absolute atomic E-state index is 11.5. The van der Waals surface area contributed by atoms with Crippen molar-refractivity contribution < 1.29 is 4.79 Å². The fourth-order valence-corrected chi connectivity index (χ4v) is 1.58. The Balaban J connectivity index is 2.46. The highest BCUT2D eigenvalue weighted by Gasteiger charge is 2.13. The van der Waals surface area contributed by atoms with Crippen LogP contribution in [-0.4, -0.2) is 5.78 Å². The molecule has 0 fully saturated rings. The molecular formula is C11H11O. The van der Waals surface area contributed by atoms with Crippen molar-refractivity contribution in [2.45, 2.75) is 19.3 Å². The molecular weight excluding hydrogens is 148 g/mol. The van der Waals surface area contributed by atoms with Crippen molar-refractivity contribution in [1.82, 2.24) is 0 Å². The Labute approximate surface area is 72.4 Å². The monoisotopic (exact) mass is 159 g/mol. The van der Waals surface area contributed by atoms with Gasteiger partial charge in [-0.15, -0.1) is 0 Å². The van der Waals surface area contributed by atoms with E-state index >= 15 is 0 Å². The zero-order valence-corrected chi connectivity index (χ0v) is 6.92. The number of Topliss-reactive ketones (excluding diaryl/α,β-unsaturated/α-hetero) is 1. The van der Waals surface area contributed by atoms with Gasteiger partial charge in [0.1, 0.15) is 0 Å². The lowest BCUT2D eigenvalue weighted by Gasteiger charge is -2.01. The van der Waals surface area contributed by atoms with Crippen LogP contribution in [0.3, 0.4) is 0 Å². The minimum atomic E-state index is 0.291. The Morgan fingerprint density at radius 2 is 2.00 bits per heavy atom. The third kappa shape index (κ3) is 1.27. The minimum Gasteiger partial charge on any atom is -0.294 e. The third-order valence-corrected chi connectivity index (χ3v) is 2.23. The molecule has 1 heteroatoms. The van der Waals surface area contributed by atoms with Gasteiger partial charge in [-0.05, 0) is 24.8 Å². The first-order valence-electron chi connectivity index (χ1n) is 4.33. The SMILES string of the molecule is O=C1CCC[CH]c2ccccc21. The van der Waals surface area contributed by atoms with Gasteiger partial charge in [-0.2, -0.15) is 0 Å². The molecule has 61 valence electrons. The normalized spacial score (nSPS) is 16.8. The zero-order valence-electron chi connectivity index (χ0n) is 6.92. The Morgan fingerprint density at radius 1 is 1.17 bits per heavy atom. The molecule has 0 heterocycles. The molecule has 0 saturated heterocycles. The van der Waals surface area contributed by atoms with Crippen molar-refractivity contribution >= 4 is 5.78 Å². The van der Waals surface area contributed by atoms with E-state index in [9.17, 15) is 4.79 Å². The fraction of sp³-hybridized carbons (Fsp3) is 0.273. The first-order chi connectivity index (χ1) is 5.88. The summed E-state index contributed by atoms with van der Waals surface area (Å²) >= 11 is 0. The number of rotatable bonds is 0. The molecule has 1 aromatic carbocycles. The lowest BCUT2D eigenvalue weighted by molar-refractivity contribution is 0.0982. The Bertz CT molecular complexity index is 302. The average molecular weight is 159 g/mol. The largest absolute Gasteiger partial charge is 0.294 e. The van der Waals surface area contributed by atoms with Crippen molar-refractivity contribution in [2.75, 3.05) is 0 Å². The van der Waals surface area contributed by atoms with E-state index in [1.54, 1.807) is 0 Å². The molecule has 1 aliphatic carbocycles. The van der Waals surface area contributed by atoms with Crippen molar-refractivity contribution in [3.63, 3.8) is 0 Å². The summed E-state index contributed by atoms with van der Waals surface area (Å²) < 4.78 is 0. The van der Waals surface area contributed by atoms with Crippen LogP contribution in [0, 0.1) is 6.42 Å². The van der Waals surface area contributed by atoms with Crippen molar-refractivity contribution in [3.05, 3.63) is 41.8 Å². The maximum atomic E-state index is 11.5. The smallest absolute Gasteiger partial charge is 0.163 e. The molecule has 0 spiro atoms. The summed E-state index contributed by atoms with van der Waals surface area (Å²) in [5.41, 5.74) is 2.01. The van der Waals surface area contributed by atoms with Gasteiger partial charge in [0.2, 0.25) is 0 Å². The number of fused-ring (bicyclic) bond motifs is 1. The van der Waals surface area contributed by atoms with Crippen LogP contribution in [-0.2, 0) is 0 Å². The molecule has 12 heavy (non-hydrogen) atoms. The van der Waals surface area contributed by atoms with E-state index < -0.39 is 0 Å². The highest BCUT2D eigenvalue weighted by atomic mass is 16.1. The van der Waals surface area contributed by atoms with Gasteiger partial charge in [0, 0.05) is 12.0 Å². The molecule has 0 N–H and O–H groups in total. The van der Waals surface area contributed by atoms with E-state index in [4.69, 9.17) is 0 Å². The van der Waals surface area contributed by atoms with Crippen LogP contribution < -0.4 is 0 Å². The molecule has 2 rings (SSSR count). The summed E-state index contributed by atoms with van der Waals surface area (Å²) in [6.07, 6.45) is 4.88. The van der Waals surface area contributed by atoms with Gasteiger partial charge in [-0.3, -0.25) is 4.79 Å². The number of ketones is 1. The molecule has 0 bridgehead atoms. The molecule has 1 nitrogen and oxygen atoms in total. The lowest BCUT2D eigenvalue weighted by atomic mass is 10.0. The molecule has 0 amide bonds. The first kappa shape index (κ1) is 7.53. The van der Waals surface area contributed by atoms with Crippen LogP contribution in [0.2, 0.25) is 0 Å². The van der Waals surface area contributed by atoms with Crippen molar-refractivity contribution in [3.8, 4) is 0 Å². The molecule has 0 aliphatic heterocycles. The molecule has 1 aromatic rings. The molecule has 0 atom stereocenters. The Hall–Kier alpha value is -1.11. The Morgan fingerprint density at radius 3 is 2.92 bits per heavy atom. The Kier molecular flexibility index (Phi) is 1.94. The van der Waals surface area contributed by atoms with Crippen LogP contribution in [0.25, 0.3) is 0 Å². The lowest BCUT2D eigenvalue weighted by Crippen LogP contribution is -1.98. The number of carbonyl (C=O) groups excluding carboxylic acids is 1. The third-order valence-electron chi connectivity index (χ3n) is 2.23. The van der Waals surface area contributed by atoms with E-state index in [1.165, 1.54) is 0 Å². The van der Waals surface area contributed by atoms with Crippen molar-refractivity contribution in [1.29, 1.82) is 0 Å². The van der Waals surface area contributed by atoms with Gasteiger partial charge >= 0.3 is 0 Å². The molecule has 0 unspecified atom stereocenters. The van der Waals surface area contributed by atoms with Gasteiger partial charge < -0.3 is 0 Å². The molecule has 1 aliphatic rings. The quantitative estimate of drug-likeness (QED) is 0.532. The minimum absolute atomic E-state index is 0.291. The second kappa shape index (κ2) is 3.10. The van der Waals surface area contributed by atoms with Gasteiger partial charge in [0.15, 0.2) is 5.78 Å². The highest BCUT2D eigenvalue weighted by Crippen LogP contribution is 2.21. The molecule has 0 aromatic heterocycles. The average Bonchev–Trinajstić information content (AvgIpc) is 2.29. The van der Waals surface area contributed by atoms with Crippen LogP contribution in [0.5, 0.6) is 0 Å². The van der Waals surface area contributed by atoms with Gasteiger partial charge in [0.25, 0.3) is 0 Å². The van der Waals surface area contributed by atoms with E-state index in [2.05, 4.69) is 6.42 Å². The van der Waals surface area contributed by atoms with E-state index in [1.807, 2.05) is 24.3 Å². The van der Waals surface area contributed by atoms with Crippen LogP contribution >= 0.6 is 0 Å². The fourth-order valence-electron chi connectivity index (χ4n) is 1.58. The number of hydrogen-bond acceptors (Lipinski definition) is 1. The van der Waals surface area contributed by atoms with Crippen molar-refractivity contribution in [2.24, 2.45) is 0 Å². The van der Waals surface area contributed by atoms with E-state index in [0.29, 0.717) is 12.2 Å². The standard InChI is InChI=1S/C11H11O/c12-11-8-4-2-6-9-5-1-3-7-10(9)11/h1,3,5-7H,2,4,8H2. The number of benzene rings is 1. The highest BCUT2D eigenvalue weighted by molar-refractivity contribution is 5.98. The van der Waals surface area contributed by atoms with Crippen LogP contribution in [0.15, 0.2) is 24.3 Å². The predicted molar refractivity (Wildman–Crippen MR) is 48.0 cm³/mol. The summed E-state index contributed by atoms with van der Waals surface area (Å²) in [5.74, 6) is 0.291. The zero-order chi connectivity index (χ0) is 8.39. The van der Waals surface area contributed by atoms with Crippen LogP contribution in [0.4, 0.5) is 0 Å². The molecule has 0 saturated carbocycles. The number of carbonyl (C=O) groups is 1. The molecule has 1 radical (unpaired) electrons. The van der Waals surface area contributed by atoms with Gasteiger partial charge in [-0.1, -0.05) is 24.3 Å². The summed E-state index contributed by atoms with van der Waals surface area (Å²) in [6.45, 7) is 0. The van der Waals surface area contributed by atoms with Gasteiger partial charge in [0.05, 0.1) is 0 Å². The van der Waals surface area contributed by atoms with E-state index in [0.717, 1.165) is 24.0 Å². The summed E-state index contributed by atoms with van der Waals surface area (Å²) in [6, 6.07) is 7.84. The second-order valence-corrected chi connectivity index (χ2v) is 3.11. The summed E-state index contributed by atoms with van der Waals surface area (Å²) in [7, 11) is 0. The number of hydrogen-bond donors (Lipinski definition) is 0. The maximum Gasteiger partial charge on any atom is 0.163 e. The summed E-state index contributed by atoms with van der Waals surface area (Å²) in [5, 5.41) is 0. The van der Waals surface area contributed by atoms with E-state index in [-0.39, 0.29) is 0 Å².